The fourth-order valence-electron chi connectivity index (χ4n) is 1.64. The van der Waals surface area contributed by atoms with Crippen molar-refractivity contribution in [2.75, 3.05) is 5.75 Å². The Labute approximate surface area is 86.4 Å². The monoisotopic (exact) mass is 199 g/mol. The van der Waals surface area contributed by atoms with Crippen molar-refractivity contribution in [1.82, 2.24) is 0 Å². The Kier molecular flexibility index (Phi) is 6.34. The highest BCUT2D eigenvalue weighted by Crippen LogP contribution is 2.17. The van der Waals surface area contributed by atoms with Crippen LogP contribution in [0.25, 0.3) is 0 Å². The van der Waals surface area contributed by atoms with Gasteiger partial charge in [0.1, 0.15) is 0 Å². The lowest BCUT2D eigenvalue weighted by atomic mass is 10.1. The van der Waals surface area contributed by atoms with E-state index >= 15 is 0 Å². The molecule has 0 saturated carbocycles. The second-order valence-corrected chi connectivity index (χ2v) is 4.68. The molecule has 0 aromatic heterocycles. The highest BCUT2D eigenvalue weighted by atomic mass is 32.2. The molecule has 0 radical (unpaired) electrons. The van der Waals surface area contributed by atoms with Gasteiger partial charge in [0.05, 0.1) is 11.6 Å². The number of thioether (sulfide) groups is 1. The summed E-state index contributed by atoms with van der Waals surface area (Å²) in [4.78, 5) is 4.41. The second-order valence-electron chi connectivity index (χ2n) is 3.80. The maximum Gasteiger partial charge on any atom is 0.0600 e. The molecule has 1 aliphatic heterocycles. The van der Waals surface area contributed by atoms with Crippen LogP contribution in [0.15, 0.2) is 4.99 Å². The van der Waals surface area contributed by atoms with E-state index in [1.807, 2.05) is 17.3 Å². The summed E-state index contributed by atoms with van der Waals surface area (Å²) in [6.07, 6.45) is 9.73. The zero-order chi connectivity index (χ0) is 9.36. The van der Waals surface area contributed by atoms with Crippen LogP contribution in [0.3, 0.4) is 0 Å². The van der Waals surface area contributed by atoms with Gasteiger partial charge in [-0.3, -0.25) is 4.99 Å². The average molecular weight is 199 g/mol. The summed E-state index contributed by atoms with van der Waals surface area (Å²) in [6, 6.07) is 0.649. The largest absolute Gasteiger partial charge is 0.282 e. The third-order valence-corrected chi connectivity index (χ3v) is 3.37. The van der Waals surface area contributed by atoms with Gasteiger partial charge < -0.3 is 0 Å². The summed E-state index contributed by atoms with van der Waals surface area (Å²) in [5.41, 5.74) is 2.02. The summed E-state index contributed by atoms with van der Waals surface area (Å²) >= 11 is 1.86. The molecule has 0 aromatic rings. The number of hydrogen-bond donors (Lipinski definition) is 0. The quantitative estimate of drug-likeness (QED) is 0.567. The van der Waals surface area contributed by atoms with E-state index in [2.05, 4.69) is 11.9 Å². The summed E-state index contributed by atoms with van der Waals surface area (Å²) in [7, 11) is 0. The van der Waals surface area contributed by atoms with E-state index in [1.165, 1.54) is 50.7 Å². The smallest absolute Gasteiger partial charge is 0.0600 e. The van der Waals surface area contributed by atoms with Gasteiger partial charge in [0, 0.05) is 5.75 Å². The van der Waals surface area contributed by atoms with E-state index in [0.29, 0.717) is 6.04 Å². The van der Waals surface area contributed by atoms with Crippen LogP contribution in [0.2, 0.25) is 0 Å². The lowest BCUT2D eigenvalue weighted by molar-refractivity contribution is 0.561. The number of nitrogens with zero attached hydrogens (tertiary/aromatic N) is 1. The topological polar surface area (TPSA) is 12.4 Å². The molecular weight excluding hydrogens is 178 g/mol. The molecule has 13 heavy (non-hydrogen) atoms. The van der Waals surface area contributed by atoms with E-state index < -0.39 is 0 Å². The summed E-state index contributed by atoms with van der Waals surface area (Å²) in [5.74, 6) is 1.23. The van der Waals surface area contributed by atoms with Crippen LogP contribution >= 0.6 is 11.8 Å². The molecule has 0 amide bonds. The lowest BCUT2D eigenvalue weighted by Crippen LogP contribution is -2.02. The Morgan fingerprint density at radius 2 is 2.00 bits per heavy atom. The fourth-order valence-corrected chi connectivity index (χ4v) is 2.46. The van der Waals surface area contributed by atoms with Crippen LogP contribution in [0.5, 0.6) is 0 Å². The minimum Gasteiger partial charge on any atom is -0.282 e. The molecule has 1 unspecified atom stereocenters. The zero-order valence-electron chi connectivity index (χ0n) is 8.67. The minimum atomic E-state index is 0.649. The van der Waals surface area contributed by atoms with Crippen molar-refractivity contribution in [2.45, 2.75) is 57.9 Å². The molecule has 1 heterocycles. The van der Waals surface area contributed by atoms with Crippen LogP contribution in [0, 0.1) is 0 Å². The predicted octanol–water partition coefficient (Wildman–Crippen LogP) is 3.88. The molecule has 0 spiro atoms. The van der Waals surface area contributed by atoms with Crippen LogP contribution in [-0.2, 0) is 0 Å². The van der Waals surface area contributed by atoms with E-state index in [1.54, 1.807) is 0 Å². The van der Waals surface area contributed by atoms with Crippen LogP contribution < -0.4 is 0 Å². The molecule has 1 atom stereocenters. The van der Waals surface area contributed by atoms with Crippen molar-refractivity contribution < 1.29 is 0 Å². The standard InChI is InChI=1S/C11H21NS/c1-2-3-4-5-6-7-8-11-9-13-10-12-11/h10-11H,2-9H2,1H3. The molecule has 0 N–H and O–H groups in total. The van der Waals surface area contributed by atoms with Gasteiger partial charge in [-0.1, -0.05) is 45.4 Å². The first kappa shape index (κ1) is 11.1. The van der Waals surface area contributed by atoms with Crippen LogP contribution in [-0.4, -0.2) is 17.3 Å². The Morgan fingerprint density at radius 3 is 2.69 bits per heavy atom. The highest BCUT2D eigenvalue weighted by molar-refractivity contribution is 8.12. The third kappa shape index (κ3) is 5.35. The van der Waals surface area contributed by atoms with Gasteiger partial charge in [-0.2, -0.15) is 0 Å². The van der Waals surface area contributed by atoms with E-state index in [9.17, 15) is 0 Å². The second kappa shape index (κ2) is 7.43. The summed E-state index contributed by atoms with van der Waals surface area (Å²) < 4.78 is 0. The highest BCUT2D eigenvalue weighted by Gasteiger charge is 2.09. The van der Waals surface area contributed by atoms with Crippen molar-refractivity contribution in [3.8, 4) is 0 Å². The van der Waals surface area contributed by atoms with Crippen molar-refractivity contribution in [1.29, 1.82) is 0 Å². The van der Waals surface area contributed by atoms with Gasteiger partial charge in [0.15, 0.2) is 0 Å². The molecule has 1 nitrogen and oxygen atoms in total. The van der Waals surface area contributed by atoms with Gasteiger partial charge in [-0.15, -0.1) is 11.8 Å². The Hall–Kier alpha value is 0.0200. The molecule has 1 aliphatic rings. The van der Waals surface area contributed by atoms with Gasteiger partial charge in [0.25, 0.3) is 0 Å². The van der Waals surface area contributed by atoms with Crippen LogP contribution in [0.1, 0.15) is 51.9 Å². The van der Waals surface area contributed by atoms with E-state index in [-0.39, 0.29) is 0 Å². The van der Waals surface area contributed by atoms with Crippen molar-refractivity contribution in [2.24, 2.45) is 4.99 Å². The molecular formula is C11H21NS. The van der Waals surface area contributed by atoms with E-state index in [0.717, 1.165) is 0 Å². The summed E-state index contributed by atoms with van der Waals surface area (Å²) in [5, 5.41) is 0. The van der Waals surface area contributed by atoms with Gasteiger partial charge >= 0.3 is 0 Å². The average Bonchev–Trinajstić information content (AvgIpc) is 2.63. The lowest BCUT2D eigenvalue weighted by Gasteiger charge is -2.04. The van der Waals surface area contributed by atoms with Crippen molar-refractivity contribution in [3.05, 3.63) is 0 Å². The van der Waals surface area contributed by atoms with Gasteiger partial charge in [0.2, 0.25) is 0 Å². The van der Waals surface area contributed by atoms with Gasteiger partial charge in [-0.05, 0) is 6.42 Å². The number of unbranched alkanes of at least 4 members (excludes halogenated alkanes) is 5. The van der Waals surface area contributed by atoms with Gasteiger partial charge in [-0.25, -0.2) is 0 Å². The SMILES string of the molecule is CCCCCCCCC1CSC=N1. The van der Waals surface area contributed by atoms with E-state index in [4.69, 9.17) is 0 Å². The Balaban J connectivity index is 1.81. The maximum atomic E-state index is 4.41. The number of hydrogen-bond acceptors (Lipinski definition) is 2. The number of rotatable bonds is 7. The first-order chi connectivity index (χ1) is 6.43. The third-order valence-electron chi connectivity index (χ3n) is 2.53. The zero-order valence-corrected chi connectivity index (χ0v) is 9.48. The molecule has 0 aromatic carbocycles. The normalized spacial score (nSPS) is 21.2. The minimum absolute atomic E-state index is 0.649. The fraction of sp³-hybridized carbons (Fsp3) is 0.909. The molecule has 1 rings (SSSR count). The molecule has 0 fully saturated rings. The first-order valence-corrected chi connectivity index (χ1v) is 6.61. The molecule has 2 heteroatoms. The molecule has 76 valence electrons. The van der Waals surface area contributed by atoms with Crippen molar-refractivity contribution >= 4 is 17.3 Å². The molecule has 0 bridgehead atoms. The first-order valence-electron chi connectivity index (χ1n) is 5.56. The number of aliphatic imine (C=N–C) groups is 1. The van der Waals surface area contributed by atoms with Crippen molar-refractivity contribution in [3.63, 3.8) is 0 Å². The van der Waals surface area contributed by atoms with Crippen LogP contribution in [0.4, 0.5) is 0 Å². The summed E-state index contributed by atoms with van der Waals surface area (Å²) in [6.45, 7) is 2.27. The Bertz CT molecular complexity index is 145. The maximum absolute atomic E-state index is 4.41. The predicted molar refractivity (Wildman–Crippen MR) is 62.7 cm³/mol. The molecule has 0 aliphatic carbocycles. The Morgan fingerprint density at radius 1 is 1.23 bits per heavy atom. The molecule has 0 saturated heterocycles.